The fourth-order valence-corrected chi connectivity index (χ4v) is 4.28. The number of hydrogen-bond acceptors (Lipinski definition) is 3. The first-order valence-electron chi connectivity index (χ1n) is 8.70. The van der Waals surface area contributed by atoms with E-state index in [1.54, 1.807) is 42.5 Å². The van der Waals surface area contributed by atoms with Crippen molar-refractivity contribution in [3.8, 4) is 0 Å². The molecule has 0 atom stereocenters. The Morgan fingerprint density at radius 1 is 0.966 bits per heavy atom. The van der Waals surface area contributed by atoms with E-state index in [1.807, 2.05) is 6.07 Å². The summed E-state index contributed by atoms with van der Waals surface area (Å²) < 4.78 is 40.6. The number of nitrogens with zero attached hydrogens (tertiary/aromatic N) is 1. The van der Waals surface area contributed by atoms with Gasteiger partial charge in [0.2, 0.25) is 15.9 Å². The Labute approximate surface area is 173 Å². The van der Waals surface area contributed by atoms with Crippen molar-refractivity contribution in [2.24, 2.45) is 0 Å². The number of halogens is 2. The maximum atomic E-state index is 13.3. The highest BCUT2D eigenvalue weighted by Crippen LogP contribution is 2.21. The van der Waals surface area contributed by atoms with Gasteiger partial charge in [-0.2, -0.15) is 4.31 Å². The van der Waals surface area contributed by atoms with E-state index in [2.05, 4.69) is 5.32 Å². The predicted molar refractivity (Wildman–Crippen MR) is 111 cm³/mol. The van der Waals surface area contributed by atoms with Crippen LogP contribution in [0.4, 0.5) is 10.1 Å². The Morgan fingerprint density at radius 2 is 1.59 bits per heavy atom. The highest BCUT2D eigenvalue weighted by atomic mass is 35.5. The molecular weight excluding hydrogens is 415 g/mol. The Morgan fingerprint density at radius 3 is 2.21 bits per heavy atom. The second-order valence-electron chi connectivity index (χ2n) is 6.25. The predicted octanol–water partition coefficient (Wildman–Crippen LogP) is 4.31. The molecular formula is C21H18ClFN2O3S. The number of carbonyl (C=O) groups excluding carboxylic acids is 1. The number of sulfonamides is 1. The van der Waals surface area contributed by atoms with Gasteiger partial charge in [-0.05, 0) is 35.9 Å². The van der Waals surface area contributed by atoms with E-state index in [4.69, 9.17) is 11.6 Å². The van der Waals surface area contributed by atoms with Gasteiger partial charge < -0.3 is 5.32 Å². The number of amides is 1. The van der Waals surface area contributed by atoms with Crippen LogP contribution in [0.15, 0.2) is 83.8 Å². The third-order valence-corrected chi connectivity index (χ3v) is 6.20. The summed E-state index contributed by atoms with van der Waals surface area (Å²) in [7, 11) is -3.92. The van der Waals surface area contributed by atoms with Gasteiger partial charge in [-0.3, -0.25) is 4.79 Å². The standard InChI is InChI=1S/C21H18ClFN2O3S/c22-19-13-17(11-12-20(19)23)24-21(26)15-25(14-16-7-3-1-4-8-16)29(27,28)18-9-5-2-6-10-18/h1-13H,14-15H2,(H,24,26). The molecule has 1 N–H and O–H groups in total. The first-order valence-corrected chi connectivity index (χ1v) is 10.5. The molecule has 0 unspecified atom stereocenters. The number of benzene rings is 3. The molecule has 0 aromatic heterocycles. The van der Waals surface area contributed by atoms with Gasteiger partial charge in [-0.25, -0.2) is 12.8 Å². The van der Waals surface area contributed by atoms with Crippen molar-refractivity contribution >= 4 is 33.2 Å². The largest absolute Gasteiger partial charge is 0.325 e. The van der Waals surface area contributed by atoms with Gasteiger partial charge in [-0.1, -0.05) is 60.1 Å². The average Bonchev–Trinajstić information content (AvgIpc) is 2.72. The van der Waals surface area contributed by atoms with Gasteiger partial charge >= 0.3 is 0 Å². The summed E-state index contributed by atoms with van der Waals surface area (Å²) in [5.74, 6) is -1.18. The molecule has 3 aromatic carbocycles. The number of rotatable bonds is 7. The molecule has 0 aliphatic carbocycles. The normalized spacial score (nSPS) is 11.4. The quantitative estimate of drug-likeness (QED) is 0.605. The van der Waals surface area contributed by atoms with Crippen LogP contribution in [0.25, 0.3) is 0 Å². The summed E-state index contributed by atoms with van der Waals surface area (Å²) in [6.45, 7) is -0.392. The topological polar surface area (TPSA) is 66.5 Å². The molecule has 29 heavy (non-hydrogen) atoms. The van der Waals surface area contributed by atoms with E-state index in [1.165, 1.54) is 24.3 Å². The molecule has 8 heteroatoms. The molecule has 0 aliphatic heterocycles. The molecule has 0 spiro atoms. The van der Waals surface area contributed by atoms with Crippen LogP contribution in [-0.4, -0.2) is 25.2 Å². The SMILES string of the molecule is O=C(CN(Cc1ccccc1)S(=O)(=O)c1ccccc1)Nc1ccc(F)c(Cl)c1. The third-order valence-electron chi connectivity index (χ3n) is 4.11. The lowest BCUT2D eigenvalue weighted by atomic mass is 10.2. The molecule has 0 saturated heterocycles. The second kappa shape index (κ2) is 9.17. The fourth-order valence-electron chi connectivity index (χ4n) is 2.69. The van der Waals surface area contributed by atoms with Gasteiger partial charge in [0.15, 0.2) is 0 Å². The van der Waals surface area contributed by atoms with Crippen molar-refractivity contribution in [2.75, 3.05) is 11.9 Å². The molecule has 150 valence electrons. The number of nitrogens with one attached hydrogen (secondary N) is 1. The van der Waals surface area contributed by atoms with E-state index in [-0.39, 0.29) is 22.2 Å². The highest BCUT2D eigenvalue weighted by Gasteiger charge is 2.26. The minimum Gasteiger partial charge on any atom is -0.325 e. The molecule has 5 nitrogen and oxygen atoms in total. The highest BCUT2D eigenvalue weighted by molar-refractivity contribution is 7.89. The smallest absolute Gasteiger partial charge is 0.243 e. The maximum Gasteiger partial charge on any atom is 0.243 e. The van der Waals surface area contributed by atoms with Gasteiger partial charge in [0, 0.05) is 12.2 Å². The molecule has 0 fully saturated rings. The van der Waals surface area contributed by atoms with Crippen LogP contribution in [0.5, 0.6) is 0 Å². The van der Waals surface area contributed by atoms with E-state index >= 15 is 0 Å². The van der Waals surface area contributed by atoms with Crippen molar-refractivity contribution in [3.63, 3.8) is 0 Å². The lowest BCUT2D eigenvalue weighted by Gasteiger charge is -2.22. The Hall–Kier alpha value is -2.74. The van der Waals surface area contributed by atoms with E-state index < -0.39 is 28.3 Å². The van der Waals surface area contributed by atoms with Crippen LogP contribution >= 0.6 is 11.6 Å². The molecule has 0 bridgehead atoms. The molecule has 0 aliphatic rings. The number of hydrogen-bond donors (Lipinski definition) is 1. The molecule has 3 rings (SSSR count). The molecule has 0 saturated carbocycles. The zero-order valence-electron chi connectivity index (χ0n) is 15.3. The van der Waals surface area contributed by atoms with Gasteiger partial charge in [0.25, 0.3) is 0 Å². The van der Waals surface area contributed by atoms with Crippen LogP contribution in [0.2, 0.25) is 5.02 Å². The van der Waals surface area contributed by atoms with Crippen molar-refractivity contribution in [1.29, 1.82) is 0 Å². The molecule has 1 amide bonds. The van der Waals surface area contributed by atoms with E-state index in [9.17, 15) is 17.6 Å². The second-order valence-corrected chi connectivity index (χ2v) is 8.59. The van der Waals surface area contributed by atoms with Crippen LogP contribution in [0.1, 0.15) is 5.56 Å². The lowest BCUT2D eigenvalue weighted by Crippen LogP contribution is -2.37. The molecule has 0 heterocycles. The summed E-state index contributed by atoms with van der Waals surface area (Å²) in [5, 5.41) is 2.42. The van der Waals surface area contributed by atoms with Crippen LogP contribution in [0, 0.1) is 5.82 Å². The minimum atomic E-state index is -3.92. The first kappa shape index (κ1) is 21.0. The van der Waals surface area contributed by atoms with Crippen LogP contribution in [-0.2, 0) is 21.4 Å². The minimum absolute atomic E-state index is 0.0235. The van der Waals surface area contributed by atoms with Crippen molar-refractivity contribution in [1.82, 2.24) is 4.31 Å². The lowest BCUT2D eigenvalue weighted by molar-refractivity contribution is -0.116. The number of anilines is 1. The number of carbonyl (C=O) groups is 1. The van der Waals surface area contributed by atoms with Gasteiger partial charge in [0.05, 0.1) is 16.5 Å². The van der Waals surface area contributed by atoms with Gasteiger partial charge in [-0.15, -0.1) is 0 Å². The van der Waals surface area contributed by atoms with Crippen molar-refractivity contribution < 1.29 is 17.6 Å². The van der Waals surface area contributed by atoms with Crippen molar-refractivity contribution in [3.05, 3.63) is 95.3 Å². The third kappa shape index (κ3) is 5.41. The first-order chi connectivity index (χ1) is 13.9. The zero-order valence-corrected chi connectivity index (χ0v) is 16.8. The van der Waals surface area contributed by atoms with Crippen molar-refractivity contribution in [2.45, 2.75) is 11.4 Å². The molecule has 3 aromatic rings. The zero-order chi connectivity index (χ0) is 20.9. The summed E-state index contributed by atoms with van der Waals surface area (Å²) in [4.78, 5) is 12.6. The van der Waals surface area contributed by atoms with Crippen LogP contribution in [0.3, 0.4) is 0 Å². The Kier molecular flexibility index (Phi) is 6.64. The summed E-state index contributed by atoms with van der Waals surface area (Å²) in [6.07, 6.45) is 0. The summed E-state index contributed by atoms with van der Waals surface area (Å²) in [6, 6.07) is 20.6. The van der Waals surface area contributed by atoms with Crippen LogP contribution < -0.4 is 5.32 Å². The molecule has 0 radical (unpaired) electrons. The summed E-state index contributed by atoms with van der Waals surface area (Å²) >= 11 is 5.73. The maximum absolute atomic E-state index is 13.3. The van der Waals surface area contributed by atoms with E-state index in [0.717, 1.165) is 15.9 Å². The summed E-state index contributed by atoms with van der Waals surface area (Å²) in [5.41, 5.74) is 1.02. The monoisotopic (exact) mass is 432 g/mol. The fraction of sp³-hybridized carbons (Fsp3) is 0.0952. The Balaban J connectivity index is 1.84. The van der Waals surface area contributed by atoms with E-state index in [0.29, 0.717) is 0 Å². The Bertz CT molecular complexity index is 1090. The van der Waals surface area contributed by atoms with Gasteiger partial charge in [0.1, 0.15) is 5.82 Å². The average molecular weight is 433 g/mol.